The number of nitrogen functional groups attached to an aromatic ring is 1. The molecule has 1 aromatic heterocycles. The fourth-order valence-corrected chi connectivity index (χ4v) is 2.80. The summed E-state index contributed by atoms with van der Waals surface area (Å²) in [5.74, 6) is 0. The maximum atomic E-state index is 10.2. The Morgan fingerprint density at radius 2 is 2.06 bits per heavy atom. The summed E-state index contributed by atoms with van der Waals surface area (Å²) in [6, 6.07) is 9.45. The molecule has 0 fully saturated rings. The average Bonchev–Trinajstić information content (AvgIpc) is 2.67. The highest BCUT2D eigenvalue weighted by Gasteiger charge is 2.15. The van der Waals surface area contributed by atoms with Crippen molar-refractivity contribution in [3.05, 3.63) is 50.1 Å². The lowest BCUT2D eigenvalue weighted by Gasteiger charge is -2.12. The van der Waals surface area contributed by atoms with Gasteiger partial charge in [0.1, 0.15) is 6.10 Å². The maximum absolute atomic E-state index is 10.2. The third-order valence-corrected chi connectivity index (χ3v) is 3.92. The maximum Gasteiger partial charge on any atom is 0.115 e. The Hall–Kier alpha value is -0.840. The van der Waals surface area contributed by atoms with Crippen molar-refractivity contribution in [3.8, 4) is 0 Å². The lowest BCUT2D eigenvalue weighted by molar-refractivity contribution is 0.225. The molecule has 0 aliphatic carbocycles. The molecule has 0 aliphatic heterocycles. The minimum Gasteiger partial charge on any atom is -0.398 e. The minimum atomic E-state index is -0.642. The SMILES string of the molecule is Cc1ccc(C(O)c2cc(Br)ccc2N)s1. The number of aryl methyl sites for hydroxylation is 1. The highest BCUT2D eigenvalue weighted by Crippen LogP contribution is 2.32. The van der Waals surface area contributed by atoms with Crippen LogP contribution in [0.2, 0.25) is 0 Å². The molecule has 0 saturated carbocycles. The molecule has 0 amide bonds. The number of halogens is 1. The second-order valence-electron chi connectivity index (χ2n) is 3.62. The fraction of sp³-hybridized carbons (Fsp3) is 0.167. The van der Waals surface area contributed by atoms with E-state index in [9.17, 15) is 5.11 Å². The number of rotatable bonds is 2. The number of anilines is 1. The highest BCUT2D eigenvalue weighted by atomic mass is 79.9. The molecule has 0 spiro atoms. The van der Waals surface area contributed by atoms with Crippen LogP contribution in [0.15, 0.2) is 34.8 Å². The molecule has 4 heteroatoms. The Labute approximate surface area is 107 Å². The first-order valence-electron chi connectivity index (χ1n) is 4.87. The monoisotopic (exact) mass is 297 g/mol. The van der Waals surface area contributed by atoms with Gasteiger partial charge in [0.05, 0.1) is 0 Å². The van der Waals surface area contributed by atoms with E-state index in [-0.39, 0.29) is 0 Å². The van der Waals surface area contributed by atoms with Crippen LogP contribution in [0.1, 0.15) is 21.4 Å². The Balaban J connectivity index is 2.40. The van der Waals surface area contributed by atoms with Crippen molar-refractivity contribution < 1.29 is 5.11 Å². The standard InChI is InChI=1S/C12H12BrNOS/c1-7-2-5-11(16-7)12(15)9-6-8(13)3-4-10(9)14/h2-6,12,15H,14H2,1H3. The Kier molecular flexibility index (Phi) is 3.33. The van der Waals surface area contributed by atoms with Crippen molar-refractivity contribution in [1.29, 1.82) is 0 Å². The summed E-state index contributed by atoms with van der Waals surface area (Å²) in [6.45, 7) is 2.02. The molecule has 0 radical (unpaired) electrons. The van der Waals surface area contributed by atoms with Crippen LogP contribution >= 0.6 is 27.3 Å². The van der Waals surface area contributed by atoms with Gasteiger partial charge in [-0.15, -0.1) is 11.3 Å². The lowest BCUT2D eigenvalue weighted by Crippen LogP contribution is -2.02. The van der Waals surface area contributed by atoms with Crippen LogP contribution in [0, 0.1) is 6.92 Å². The molecule has 1 atom stereocenters. The molecule has 1 heterocycles. The van der Waals surface area contributed by atoms with Gasteiger partial charge in [0, 0.05) is 25.5 Å². The predicted octanol–water partition coefficient (Wildman–Crippen LogP) is 3.48. The molecule has 2 nitrogen and oxygen atoms in total. The zero-order chi connectivity index (χ0) is 11.7. The van der Waals surface area contributed by atoms with Gasteiger partial charge in [-0.2, -0.15) is 0 Å². The molecular weight excluding hydrogens is 286 g/mol. The van der Waals surface area contributed by atoms with Crippen LogP contribution in [0.25, 0.3) is 0 Å². The quantitative estimate of drug-likeness (QED) is 0.834. The number of thiophene rings is 1. The smallest absolute Gasteiger partial charge is 0.115 e. The van der Waals surface area contributed by atoms with E-state index in [2.05, 4.69) is 15.9 Å². The third-order valence-electron chi connectivity index (χ3n) is 2.37. The van der Waals surface area contributed by atoms with Gasteiger partial charge >= 0.3 is 0 Å². The molecule has 2 aromatic rings. The van der Waals surface area contributed by atoms with Gasteiger partial charge in [-0.3, -0.25) is 0 Å². The normalized spacial score (nSPS) is 12.7. The van der Waals surface area contributed by atoms with E-state index in [0.717, 1.165) is 14.9 Å². The summed E-state index contributed by atoms with van der Waals surface area (Å²) in [5.41, 5.74) is 7.22. The molecule has 3 N–H and O–H groups in total. The van der Waals surface area contributed by atoms with Crippen molar-refractivity contribution in [1.82, 2.24) is 0 Å². The molecule has 0 bridgehead atoms. The van der Waals surface area contributed by atoms with Crippen LogP contribution in [-0.2, 0) is 0 Å². The van der Waals surface area contributed by atoms with Gasteiger partial charge in [-0.1, -0.05) is 15.9 Å². The van der Waals surface area contributed by atoms with Crippen molar-refractivity contribution in [2.24, 2.45) is 0 Å². The summed E-state index contributed by atoms with van der Waals surface area (Å²) in [4.78, 5) is 2.10. The first kappa shape index (κ1) is 11.6. The molecule has 0 aliphatic rings. The lowest BCUT2D eigenvalue weighted by atomic mass is 10.1. The molecule has 1 unspecified atom stereocenters. The van der Waals surface area contributed by atoms with E-state index >= 15 is 0 Å². The zero-order valence-corrected chi connectivity index (χ0v) is 11.2. The van der Waals surface area contributed by atoms with Crippen LogP contribution in [0.5, 0.6) is 0 Å². The van der Waals surface area contributed by atoms with E-state index in [1.807, 2.05) is 31.2 Å². The summed E-state index contributed by atoms with van der Waals surface area (Å²) < 4.78 is 0.920. The minimum absolute atomic E-state index is 0.613. The number of hydrogen-bond donors (Lipinski definition) is 2. The topological polar surface area (TPSA) is 46.2 Å². The van der Waals surface area contributed by atoms with E-state index in [1.54, 1.807) is 17.4 Å². The fourth-order valence-electron chi connectivity index (χ4n) is 1.54. The van der Waals surface area contributed by atoms with Gasteiger partial charge in [-0.05, 0) is 37.3 Å². The highest BCUT2D eigenvalue weighted by molar-refractivity contribution is 9.10. The van der Waals surface area contributed by atoms with Crippen molar-refractivity contribution >= 4 is 33.0 Å². The first-order chi connectivity index (χ1) is 7.58. The van der Waals surface area contributed by atoms with Crippen molar-refractivity contribution in [2.45, 2.75) is 13.0 Å². The van der Waals surface area contributed by atoms with Crippen LogP contribution in [0.4, 0.5) is 5.69 Å². The largest absolute Gasteiger partial charge is 0.398 e. The summed E-state index contributed by atoms with van der Waals surface area (Å²) in [5, 5.41) is 10.2. The number of aliphatic hydroxyl groups excluding tert-OH is 1. The molecule has 2 rings (SSSR count). The number of nitrogens with two attached hydrogens (primary N) is 1. The Morgan fingerprint density at radius 1 is 1.31 bits per heavy atom. The van der Waals surface area contributed by atoms with Gasteiger partial charge in [0.15, 0.2) is 0 Å². The number of hydrogen-bond acceptors (Lipinski definition) is 3. The van der Waals surface area contributed by atoms with E-state index in [0.29, 0.717) is 5.69 Å². The molecular formula is C12H12BrNOS. The molecule has 1 aromatic carbocycles. The van der Waals surface area contributed by atoms with Gasteiger partial charge in [0.25, 0.3) is 0 Å². The summed E-state index contributed by atoms with van der Waals surface area (Å²) in [7, 11) is 0. The van der Waals surface area contributed by atoms with Crippen LogP contribution in [0.3, 0.4) is 0 Å². The predicted molar refractivity (Wildman–Crippen MR) is 71.7 cm³/mol. The average molecular weight is 298 g/mol. The molecule has 84 valence electrons. The van der Waals surface area contributed by atoms with Gasteiger partial charge < -0.3 is 10.8 Å². The van der Waals surface area contributed by atoms with Crippen molar-refractivity contribution in [2.75, 3.05) is 5.73 Å². The second-order valence-corrected chi connectivity index (χ2v) is 5.86. The van der Waals surface area contributed by atoms with Crippen LogP contribution in [-0.4, -0.2) is 5.11 Å². The van der Waals surface area contributed by atoms with E-state index in [1.165, 1.54) is 4.88 Å². The number of aliphatic hydroxyl groups is 1. The first-order valence-corrected chi connectivity index (χ1v) is 6.48. The number of benzene rings is 1. The second kappa shape index (κ2) is 4.57. The van der Waals surface area contributed by atoms with Gasteiger partial charge in [-0.25, -0.2) is 0 Å². The molecule has 16 heavy (non-hydrogen) atoms. The third kappa shape index (κ3) is 2.29. The van der Waals surface area contributed by atoms with Gasteiger partial charge in [0.2, 0.25) is 0 Å². The summed E-state index contributed by atoms with van der Waals surface area (Å²) in [6.07, 6.45) is -0.642. The Bertz CT molecular complexity index is 509. The van der Waals surface area contributed by atoms with Crippen LogP contribution < -0.4 is 5.73 Å². The Morgan fingerprint density at radius 3 is 2.69 bits per heavy atom. The van der Waals surface area contributed by atoms with E-state index < -0.39 is 6.10 Å². The van der Waals surface area contributed by atoms with E-state index in [4.69, 9.17) is 5.73 Å². The summed E-state index contributed by atoms with van der Waals surface area (Å²) >= 11 is 4.96. The zero-order valence-electron chi connectivity index (χ0n) is 8.77. The molecule has 0 saturated heterocycles. The van der Waals surface area contributed by atoms with Crippen molar-refractivity contribution in [3.63, 3.8) is 0 Å².